The molecular weight excluding hydrogens is 411 g/mol. The largest absolute Gasteiger partial charge is 0.496 e. The molecule has 0 aliphatic carbocycles. The summed E-state index contributed by atoms with van der Waals surface area (Å²) < 4.78 is 44.1. The molecule has 0 bridgehead atoms. The average Bonchev–Trinajstić information content (AvgIpc) is 2.75. The number of aliphatic imine (C=N–C) groups is 1. The maximum absolute atomic E-state index is 13.0. The van der Waals surface area contributed by atoms with Crippen molar-refractivity contribution < 1.29 is 22.7 Å². The molecule has 7 nitrogen and oxygen atoms in total. The number of benzene rings is 1. The number of piperidine rings is 1. The van der Waals surface area contributed by atoms with Crippen LogP contribution in [-0.2, 0) is 11.3 Å². The molecule has 1 aliphatic heterocycles. The van der Waals surface area contributed by atoms with E-state index >= 15 is 0 Å². The zero-order valence-electron chi connectivity index (χ0n) is 17.8. The molecule has 0 spiro atoms. The van der Waals surface area contributed by atoms with E-state index < -0.39 is 17.8 Å². The highest BCUT2D eigenvalue weighted by Gasteiger charge is 2.32. The minimum atomic E-state index is -4.74. The maximum atomic E-state index is 13.0. The molecule has 1 aromatic rings. The van der Waals surface area contributed by atoms with E-state index in [4.69, 9.17) is 10.5 Å². The van der Waals surface area contributed by atoms with E-state index in [-0.39, 0.29) is 18.3 Å². The first-order valence-corrected chi connectivity index (χ1v) is 10.1. The van der Waals surface area contributed by atoms with Gasteiger partial charge in [0.05, 0.1) is 13.2 Å². The molecule has 2 rings (SSSR count). The minimum absolute atomic E-state index is 0.0874. The van der Waals surface area contributed by atoms with E-state index in [1.54, 1.807) is 24.3 Å². The van der Waals surface area contributed by atoms with E-state index in [0.717, 1.165) is 26.2 Å². The van der Waals surface area contributed by atoms with Crippen molar-refractivity contribution in [2.45, 2.75) is 31.6 Å². The maximum Gasteiger partial charge on any atom is 0.430 e. The highest BCUT2D eigenvalue weighted by molar-refractivity contribution is 6.43. The first-order chi connectivity index (χ1) is 14.7. The number of halogens is 3. The van der Waals surface area contributed by atoms with Crippen molar-refractivity contribution in [1.82, 2.24) is 15.5 Å². The topological polar surface area (TPSA) is 92.0 Å². The lowest BCUT2D eigenvalue weighted by molar-refractivity contribution is -0.114. The fourth-order valence-corrected chi connectivity index (χ4v) is 3.24. The van der Waals surface area contributed by atoms with Gasteiger partial charge in [-0.25, -0.2) is 0 Å². The summed E-state index contributed by atoms with van der Waals surface area (Å²) >= 11 is 0. The number of likely N-dealkylation sites (tertiary alicyclic amines) is 1. The Kier molecular flexibility index (Phi) is 9.32. The Bertz CT molecular complexity index is 787. The van der Waals surface area contributed by atoms with Crippen LogP contribution in [0.25, 0.3) is 0 Å². The number of nitrogens with zero attached hydrogens (tertiary/aromatic N) is 2. The SMILES string of the molecule is CNCCN1CCC(N=C(/C=C(\N)C(F)(F)F)C(=O)NCc2ccccc2OC)CC1. The van der Waals surface area contributed by atoms with Gasteiger partial charge in [0.2, 0.25) is 0 Å². The zero-order valence-corrected chi connectivity index (χ0v) is 17.8. The number of rotatable bonds is 9. The zero-order chi connectivity index (χ0) is 22.9. The van der Waals surface area contributed by atoms with Crippen LogP contribution >= 0.6 is 0 Å². The van der Waals surface area contributed by atoms with Gasteiger partial charge in [0.25, 0.3) is 5.91 Å². The smallest absolute Gasteiger partial charge is 0.430 e. The fourth-order valence-electron chi connectivity index (χ4n) is 3.24. The monoisotopic (exact) mass is 441 g/mol. The number of likely N-dealkylation sites (N-methyl/N-ethyl adjacent to an activating group) is 1. The van der Waals surface area contributed by atoms with Gasteiger partial charge in [-0.15, -0.1) is 0 Å². The Hall–Kier alpha value is -2.59. The van der Waals surface area contributed by atoms with Gasteiger partial charge in [0, 0.05) is 38.3 Å². The van der Waals surface area contributed by atoms with Crippen molar-refractivity contribution >= 4 is 11.6 Å². The molecule has 0 atom stereocenters. The van der Waals surface area contributed by atoms with Crippen LogP contribution in [0.15, 0.2) is 41.0 Å². The number of allylic oxidation sites excluding steroid dienone is 1. The highest BCUT2D eigenvalue weighted by Crippen LogP contribution is 2.22. The molecule has 10 heteroatoms. The third-order valence-corrected chi connectivity index (χ3v) is 5.04. The van der Waals surface area contributed by atoms with Crippen molar-refractivity contribution in [2.75, 3.05) is 40.3 Å². The Morgan fingerprint density at radius 1 is 1.32 bits per heavy atom. The van der Waals surface area contributed by atoms with E-state index in [1.165, 1.54) is 7.11 Å². The molecule has 0 radical (unpaired) electrons. The summed E-state index contributed by atoms with van der Waals surface area (Å²) in [5, 5.41) is 5.71. The van der Waals surface area contributed by atoms with Gasteiger partial charge in [-0.2, -0.15) is 13.2 Å². The summed E-state index contributed by atoms with van der Waals surface area (Å²) in [6.07, 6.45) is -2.80. The van der Waals surface area contributed by atoms with Crippen LogP contribution in [-0.4, -0.2) is 69.1 Å². The van der Waals surface area contributed by atoms with E-state index in [1.807, 2.05) is 7.05 Å². The second-order valence-corrected chi connectivity index (χ2v) is 7.28. The van der Waals surface area contributed by atoms with E-state index in [0.29, 0.717) is 30.2 Å². The van der Waals surface area contributed by atoms with Crippen LogP contribution < -0.4 is 21.1 Å². The number of alkyl halides is 3. The Balaban J connectivity index is 2.13. The standard InChI is InChI=1S/C21H30F3N5O2/c1-26-9-12-29-10-7-16(8-11-29)28-17(13-19(25)21(22,23)24)20(30)27-14-15-5-3-4-6-18(15)31-2/h3-6,13,16,26H,7-12,14,25H2,1-2H3,(H,27,30)/b19-13-,28-17?. The number of nitrogens with two attached hydrogens (primary N) is 1. The van der Waals surface area contributed by atoms with Gasteiger partial charge >= 0.3 is 6.18 Å². The van der Waals surface area contributed by atoms with E-state index in [2.05, 4.69) is 20.5 Å². The number of carbonyl (C=O) groups excluding carboxylic acids is 1. The normalized spacial score (nSPS) is 16.9. The predicted octanol–water partition coefficient (Wildman–Crippen LogP) is 1.84. The second-order valence-electron chi connectivity index (χ2n) is 7.28. The highest BCUT2D eigenvalue weighted by atomic mass is 19.4. The number of amides is 1. The third kappa shape index (κ3) is 7.87. The summed E-state index contributed by atoms with van der Waals surface area (Å²) in [4.78, 5) is 19.3. The molecule has 1 aromatic carbocycles. The number of para-hydroxylation sites is 1. The summed E-state index contributed by atoms with van der Waals surface area (Å²) in [6, 6.07) is 6.82. The molecule has 0 saturated carbocycles. The second kappa shape index (κ2) is 11.7. The van der Waals surface area contributed by atoms with Gasteiger partial charge in [-0.1, -0.05) is 18.2 Å². The molecule has 0 unspecified atom stereocenters. The lowest BCUT2D eigenvalue weighted by Crippen LogP contribution is -2.39. The molecule has 1 amide bonds. The van der Waals surface area contributed by atoms with Crippen molar-refractivity contribution in [1.29, 1.82) is 0 Å². The van der Waals surface area contributed by atoms with Crippen LogP contribution in [0.1, 0.15) is 18.4 Å². The Labute approximate surface area is 180 Å². The minimum Gasteiger partial charge on any atom is -0.496 e. The van der Waals surface area contributed by atoms with Crippen LogP contribution in [0.5, 0.6) is 5.75 Å². The predicted molar refractivity (Wildman–Crippen MR) is 114 cm³/mol. The van der Waals surface area contributed by atoms with E-state index in [9.17, 15) is 18.0 Å². The van der Waals surface area contributed by atoms with Crippen LogP contribution in [0.2, 0.25) is 0 Å². The summed E-state index contributed by atoms with van der Waals surface area (Å²) in [6.45, 7) is 3.37. The van der Waals surface area contributed by atoms with Gasteiger partial charge < -0.3 is 26.0 Å². The number of carbonyl (C=O) groups is 1. The van der Waals surface area contributed by atoms with Gasteiger partial charge in [0.15, 0.2) is 0 Å². The number of hydrogen-bond donors (Lipinski definition) is 3. The van der Waals surface area contributed by atoms with Crippen molar-refractivity contribution in [3.05, 3.63) is 41.6 Å². The number of nitrogens with one attached hydrogen (secondary N) is 2. The summed E-state index contributed by atoms with van der Waals surface area (Å²) in [7, 11) is 3.38. The molecule has 172 valence electrons. The van der Waals surface area contributed by atoms with Gasteiger partial charge in [0.1, 0.15) is 17.2 Å². The summed E-state index contributed by atoms with van der Waals surface area (Å²) in [5.74, 6) is -0.142. The first kappa shape index (κ1) is 24.7. The molecule has 1 fully saturated rings. The average molecular weight is 441 g/mol. The summed E-state index contributed by atoms with van der Waals surface area (Å²) in [5.41, 5.74) is 4.18. The third-order valence-electron chi connectivity index (χ3n) is 5.04. The van der Waals surface area contributed by atoms with Crippen molar-refractivity contribution in [3.8, 4) is 5.75 Å². The Morgan fingerprint density at radius 2 is 2.00 bits per heavy atom. The number of methoxy groups -OCH3 is 1. The number of ether oxygens (including phenoxy) is 1. The molecule has 31 heavy (non-hydrogen) atoms. The Morgan fingerprint density at radius 3 is 2.61 bits per heavy atom. The quantitative estimate of drug-likeness (QED) is 0.509. The molecule has 1 heterocycles. The molecule has 1 saturated heterocycles. The molecule has 0 aromatic heterocycles. The fraction of sp³-hybridized carbons (Fsp3) is 0.524. The van der Waals surface area contributed by atoms with Crippen LogP contribution in [0, 0.1) is 0 Å². The number of hydrogen-bond acceptors (Lipinski definition) is 6. The first-order valence-electron chi connectivity index (χ1n) is 10.1. The molecular formula is C21H30F3N5O2. The van der Waals surface area contributed by atoms with Gasteiger partial charge in [-0.3, -0.25) is 9.79 Å². The molecule has 4 N–H and O–H groups in total. The van der Waals surface area contributed by atoms with Crippen LogP contribution in [0.3, 0.4) is 0 Å². The van der Waals surface area contributed by atoms with Crippen molar-refractivity contribution in [3.63, 3.8) is 0 Å². The lowest BCUT2D eigenvalue weighted by Gasteiger charge is -2.30. The van der Waals surface area contributed by atoms with Crippen LogP contribution in [0.4, 0.5) is 13.2 Å². The van der Waals surface area contributed by atoms with Gasteiger partial charge in [-0.05, 0) is 32.0 Å². The lowest BCUT2D eigenvalue weighted by atomic mass is 10.1. The van der Waals surface area contributed by atoms with Crippen molar-refractivity contribution in [2.24, 2.45) is 10.7 Å². The molecule has 1 aliphatic rings.